The Bertz CT molecular complexity index is 279. The Morgan fingerprint density at radius 3 is 2.67 bits per heavy atom. The largest absolute Gasteiger partial charge is 0.481 e. The molecule has 0 aromatic rings. The number of carboxylic acid groups (broad SMARTS) is 1. The number of carbonyl (C=O) groups is 2. The molecule has 0 aliphatic heterocycles. The SMILES string of the molecule is COCCN(C(=O)NCCCCC(=O)O)C1CC1. The summed E-state index contributed by atoms with van der Waals surface area (Å²) in [5, 5.41) is 11.3. The molecule has 0 heterocycles. The third-order valence-electron chi connectivity index (χ3n) is 2.88. The molecule has 6 nitrogen and oxygen atoms in total. The van der Waals surface area contributed by atoms with Crippen molar-refractivity contribution in [2.24, 2.45) is 0 Å². The highest BCUT2D eigenvalue weighted by Crippen LogP contribution is 2.26. The van der Waals surface area contributed by atoms with Gasteiger partial charge in [0.2, 0.25) is 0 Å². The molecular formula is C12H22N2O4. The molecular weight excluding hydrogens is 236 g/mol. The molecule has 2 N–H and O–H groups in total. The van der Waals surface area contributed by atoms with Crippen LogP contribution in [-0.4, -0.2) is 54.9 Å². The minimum Gasteiger partial charge on any atom is -0.481 e. The van der Waals surface area contributed by atoms with Crippen LogP contribution in [0.1, 0.15) is 32.1 Å². The molecule has 0 radical (unpaired) electrons. The van der Waals surface area contributed by atoms with Crippen LogP contribution in [0.15, 0.2) is 0 Å². The van der Waals surface area contributed by atoms with Crippen LogP contribution < -0.4 is 5.32 Å². The molecule has 0 unspecified atom stereocenters. The van der Waals surface area contributed by atoms with Crippen molar-refractivity contribution in [1.29, 1.82) is 0 Å². The van der Waals surface area contributed by atoms with E-state index >= 15 is 0 Å². The molecule has 0 atom stereocenters. The summed E-state index contributed by atoms with van der Waals surface area (Å²) in [6, 6.07) is 0.295. The fourth-order valence-electron chi connectivity index (χ4n) is 1.72. The third-order valence-corrected chi connectivity index (χ3v) is 2.88. The molecule has 1 aliphatic carbocycles. The van der Waals surface area contributed by atoms with E-state index in [9.17, 15) is 9.59 Å². The van der Waals surface area contributed by atoms with Crippen LogP contribution in [0, 0.1) is 0 Å². The molecule has 1 aliphatic rings. The molecule has 6 heteroatoms. The van der Waals surface area contributed by atoms with Crippen LogP contribution in [0.25, 0.3) is 0 Å². The number of nitrogens with one attached hydrogen (secondary N) is 1. The van der Waals surface area contributed by atoms with E-state index in [1.165, 1.54) is 0 Å². The lowest BCUT2D eigenvalue weighted by atomic mass is 10.2. The van der Waals surface area contributed by atoms with E-state index in [2.05, 4.69) is 5.32 Å². The van der Waals surface area contributed by atoms with Crippen LogP contribution in [0.2, 0.25) is 0 Å². The number of hydrogen-bond donors (Lipinski definition) is 2. The summed E-state index contributed by atoms with van der Waals surface area (Å²) >= 11 is 0. The van der Waals surface area contributed by atoms with Crippen LogP contribution in [0.3, 0.4) is 0 Å². The minimum absolute atomic E-state index is 0.0649. The minimum atomic E-state index is -0.791. The van der Waals surface area contributed by atoms with Crippen molar-refractivity contribution in [2.75, 3.05) is 26.8 Å². The van der Waals surface area contributed by atoms with E-state index in [0.29, 0.717) is 38.6 Å². The average molecular weight is 258 g/mol. The molecule has 0 aromatic carbocycles. The van der Waals surface area contributed by atoms with Crippen molar-refractivity contribution in [2.45, 2.75) is 38.1 Å². The predicted molar refractivity (Wildman–Crippen MR) is 66.5 cm³/mol. The molecule has 1 fully saturated rings. The highest BCUT2D eigenvalue weighted by Gasteiger charge is 2.31. The van der Waals surface area contributed by atoms with Gasteiger partial charge in [-0.15, -0.1) is 0 Å². The molecule has 1 rings (SSSR count). The number of aliphatic carboxylic acids is 1. The second-order valence-electron chi connectivity index (χ2n) is 4.50. The highest BCUT2D eigenvalue weighted by atomic mass is 16.5. The van der Waals surface area contributed by atoms with Crippen molar-refractivity contribution in [1.82, 2.24) is 10.2 Å². The van der Waals surface area contributed by atoms with E-state index in [-0.39, 0.29) is 12.5 Å². The average Bonchev–Trinajstić information content (AvgIpc) is 3.13. The second kappa shape index (κ2) is 7.92. The molecule has 0 bridgehead atoms. The van der Waals surface area contributed by atoms with Gasteiger partial charge in [-0.25, -0.2) is 4.79 Å². The lowest BCUT2D eigenvalue weighted by Crippen LogP contribution is -2.43. The van der Waals surface area contributed by atoms with Gasteiger partial charge in [0.05, 0.1) is 6.61 Å². The highest BCUT2D eigenvalue weighted by molar-refractivity contribution is 5.74. The fourth-order valence-corrected chi connectivity index (χ4v) is 1.72. The number of carbonyl (C=O) groups excluding carboxylic acids is 1. The summed E-state index contributed by atoms with van der Waals surface area (Å²) in [7, 11) is 1.62. The van der Waals surface area contributed by atoms with Gasteiger partial charge >= 0.3 is 12.0 Å². The number of nitrogens with zero attached hydrogens (tertiary/aromatic N) is 1. The Kier molecular flexibility index (Phi) is 6.49. The maximum atomic E-state index is 11.9. The topological polar surface area (TPSA) is 78.9 Å². The van der Waals surface area contributed by atoms with Gasteiger partial charge in [-0.3, -0.25) is 4.79 Å². The van der Waals surface area contributed by atoms with E-state index in [1.807, 2.05) is 0 Å². The van der Waals surface area contributed by atoms with Crippen molar-refractivity contribution >= 4 is 12.0 Å². The number of ether oxygens (including phenoxy) is 1. The maximum Gasteiger partial charge on any atom is 0.317 e. The number of urea groups is 1. The van der Waals surface area contributed by atoms with E-state index in [4.69, 9.17) is 9.84 Å². The maximum absolute atomic E-state index is 11.9. The summed E-state index contributed by atoms with van der Waals surface area (Å²) < 4.78 is 4.98. The van der Waals surface area contributed by atoms with Gasteiger partial charge in [0.15, 0.2) is 0 Å². The summed E-state index contributed by atoms with van der Waals surface area (Å²) in [4.78, 5) is 24.0. The Balaban J connectivity index is 2.14. The lowest BCUT2D eigenvalue weighted by Gasteiger charge is -2.22. The monoisotopic (exact) mass is 258 g/mol. The first-order chi connectivity index (χ1) is 8.65. The third kappa shape index (κ3) is 5.86. The summed E-state index contributed by atoms with van der Waals surface area (Å²) in [5.41, 5.74) is 0. The number of carboxylic acids is 1. The van der Waals surface area contributed by atoms with E-state index in [0.717, 1.165) is 12.8 Å². The molecule has 1 saturated carbocycles. The van der Waals surface area contributed by atoms with Crippen LogP contribution in [-0.2, 0) is 9.53 Å². The number of unbranched alkanes of at least 4 members (excludes halogenated alkanes) is 1. The first-order valence-corrected chi connectivity index (χ1v) is 6.40. The van der Waals surface area contributed by atoms with Gasteiger partial charge in [0.1, 0.15) is 0 Å². The molecule has 0 spiro atoms. The normalized spacial score (nSPS) is 14.3. The quantitative estimate of drug-likeness (QED) is 0.606. The fraction of sp³-hybridized carbons (Fsp3) is 0.833. The smallest absolute Gasteiger partial charge is 0.317 e. The first-order valence-electron chi connectivity index (χ1n) is 6.40. The molecule has 18 heavy (non-hydrogen) atoms. The Labute approximate surface area is 107 Å². The Morgan fingerprint density at radius 1 is 1.39 bits per heavy atom. The number of amides is 2. The standard InChI is InChI=1S/C12H22N2O4/c1-18-9-8-14(10-5-6-10)12(17)13-7-3-2-4-11(15)16/h10H,2-9H2,1H3,(H,13,17)(H,15,16). The van der Waals surface area contributed by atoms with Crippen molar-refractivity contribution < 1.29 is 19.4 Å². The summed E-state index contributed by atoms with van der Waals surface area (Å²) in [5.74, 6) is -0.791. The zero-order valence-electron chi connectivity index (χ0n) is 10.9. The van der Waals surface area contributed by atoms with Gasteiger partial charge in [0, 0.05) is 32.7 Å². The van der Waals surface area contributed by atoms with Gasteiger partial charge in [-0.05, 0) is 25.7 Å². The molecule has 2 amide bonds. The summed E-state index contributed by atoms with van der Waals surface area (Å²) in [6.07, 6.45) is 3.58. The Morgan fingerprint density at radius 2 is 2.11 bits per heavy atom. The van der Waals surface area contributed by atoms with Crippen LogP contribution >= 0.6 is 0 Å². The molecule has 104 valence electrons. The first kappa shape index (κ1) is 14.8. The number of methoxy groups -OCH3 is 1. The lowest BCUT2D eigenvalue weighted by molar-refractivity contribution is -0.137. The van der Waals surface area contributed by atoms with Crippen molar-refractivity contribution in [3.05, 3.63) is 0 Å². The Hall–Kier alpha value is -1.30. The van der Waals surface area contributed by atoms with Gasteiger partial charge in [-0.2, -0.15) is 0 Å². The van der Waals surface area contributed by atoms with E-state index < -0.39 is 5.97 Å². The van der Waals surface area contributed by atoms with Crippen molar-refractivity contribution in [3.8, 4) is 0 Å². The zero-order valence-corrected chi connectivity index (χ0v) is 10.9. The molecule has 0 saturated heterocycles. The van der Waals surface area contributed by atoms with Crippen LogP contribution in [0.5, 0.6) is 0 Å². The van der Waals surface area contributed by atoms with Gasteiger partial charge < -0.3 is 20.1 Å². The van der Waals surface area contributed by atoms with Crippen LogP contribution in [0.4, 0.5) is 4.79 Å². The zero-order chi connectivity index (χ0) is 13.4. The molecule has 0 aromatic heterocycles. The van der Waals surface area contributed by atoms with Gasteiger partial charge in [0.25, 0.3) is 0 Å². The summed E-state index contributed by atoms with van der Waals surface area (Å²) in [6.45, 7) is 1.69. The number of hydrogen-bond acceptors (Lipinski definition) is 3. The van der Waals surface area contributed by atoms with E-state index in [1.54, 1.807) is 12.0 Å². The van der Waals surface area contributed by atoms with Gasteiger partial charge in [-0.1, -0.05) is 0 Å². The number of rotatable bonds is 9. The van der Waals surface area contributed by atoms with Crippen molar-refractivity contribution in [3.63, 3.8) is 0 Å². The second-order valence-corrected chi connectivity index (χ2v) is 4.50. The predicted octanol–water partition coefficient (Wildman–Crippen LogP) is 1.06.